The molecular weight excluding hydrogens is 430 g/mol. The van der Waals surface area contributed by atoms with E-state index in [9.17, 15) is 23.3 Å². The normalized spacial score (nSPS) is 13.3. The minimum atomic E-state index is -4.07. The van der Waals surface area contributed by atoms with Crippen molar-refractivity contribution in [3.05, 3.63) is 93.5 Å². The molecule has 32 heavy (non-hydrogen) atoms. The van der Waals surface area contributed by atoms with Gasteiger partial charge in [0, 0.05) is 29.9 Å². The number of rotatable bonds is 5. The number of fused-ring (bicyclic) bond motifs is 1. The van der Waals surface area contributed by atoms with Gasteiger partial charge in [0.05, 0.1) is 15.5 Å². The van der Waals surface area contributed by atoms with E-state index in [1.54, 1.807) is 54.3 Å². The van der Waals surface area contributed by atoms with E-state index in [1.807, 2.05) is 6.07 Å². The summed E-state index contributed by atoms with van der Waals surface area (Å²) in [5.41, 5.74) is 2.53. The Morgan fingerprint density at radius 1 is 1.06 bits per heavy atom. The summed E-state index contributed by atoms with van der Waals surface area (Å²) in [7, 11) is -4.07. The van der Waals surface area contributed by atoms with Crippen molar-refractivity contribution in [3.8, 4) is 0 Å². The molecule has 0 radical (unpaired) electrons. The number of amides is 1. The Bertz CT molecular complexity index is 1310. The molecule has 8 nitrogen and oxygen atoms in total. The number of nitrogens with one attached hydrogen (secondary N) is 1. The topological polar surface area (TPSA) is 110 Å². The van der Waals surface area contributed by atoms with Crippen LogP contribution >= 0.6 is 0 Å². The lowest BCUT2D eigenvalue weighted by Crippen LogP contribution is -2.35. The van der Waals surface area contributed by atoms with Gasteiger partial charge in [-0.1, -0.05) is 30.3 Å². The number of nitro groups is 1. The standard InChI is InChI=1S/C23H21N3O5S/c1-16-9-12-20(26(28)29)15-22(16)32(30,31)24-19-11-10-17-8-5-13-25(21(17)14-19)23(27)18-6-3-2-4-7-18/h2-4,6-7,9-12,14-15,24H,5,8,13H2,1H3. The molecule has 0 aromatic heterocycles. The monoisotopic (exact) mass is 451 g/mol. The summed E-state index contributed by atoms with van der Waals surface area (Å²) in [5, 5.41) is 11.1. The molecule has 1 amide bonds. The van der Waals surface area contributed by atoms with Gasteiger partial charge in [-0.2, -0.15) is 0 Å². The van der Waals surface area contributed by atoms with E-state index in [-0.39, 0.29) is 22.2 Å². The number of sulfonamides is 1. The molecular formula is C23H21N3O5S. The van der Waals surface area contributed by atoms with Crippen molar-refractivity contribution in [2.24, 2.45) is 0 Å². The Balaban J connectivity index is 1.68. The van der Waals surface area contributed by atoms with E-state index in [0.717, 1.165) is 24.5 Å². The van der Waals surface area contributed by atoms with Crippen LogP contribution in [-0.2, 0) is 16.4 Å². The van der Waals surface area contributed by atoms with Gasteiger partial charge in [0.15, 0.2) is 0 Å². The van der Waals surface area contributed by atoms with Gasteiger partial charge >= 0.3 is 0 Å². The van der Waals surface area contributed by atoms with Crippen LogP contribution in [0.25, 0.3) is 0 Å². The first-order valence-corrected chi connectivity index (χ1v) is 11.5. The zero-order valence-corrected chi connectivity index (χ0v) is 18.1. The summed E-state index contributed by atoms with van der Waals surface area (Å²) in [6.07, 6.45) is 1.59. The maximum Gasteiger partial charge on any atom is 0.270 e. The summed E-state index contributed by atoms with van der Waals surface area (Å²) >= 11 is 0. The number of benzene rings is 3. The van der Waals surface area contributed by atoms with Gasteiger partial charge in [-0.15, -0.1) is 0 Å². The van der Waals surface area contributed by atoms with Crippen LogP contribution in [0.4, 0.5) is 17.1 Å². The molecule has 4 rings (SSSR count). The molecule has 0 saturated heterocycles. The third-order valence-corrected chi connectivity index (χ3v) is 6.92. The highest BCUT2D eigenvalue weighted by atomic mass is 32.2. The summed E-state index contributed by atoms with van der Waals surface area (Å²) in [6.45, 7) is 2.10. The Kier molecular flexibility index (Phi) is 5.67. The van der Waals surface area contributed by atoms with Crippen molar-refractivity contribution < 1.29 is 18.1 Å². The van der Waals surface area contributed by atoms with Crippen LogP contribution in [0, 0.1) is 17.0 Å². The molecule has 3 aromatic carbocycles. The van der Waals surface area contributed by atoms with Gasteiger partial charge in [0.1, 0.15) is 0 Å². The molecule has 0 aliphatic carbocycles. The molecule has 1 heterocycles. The molecule has 164 valence electrons. The zero-order valence-electron chi connectivity index (χ0n) is 17.3. The minimum absolute atomic E-state index is 0.152. The molecule has 0 unspecified atom stereocenters. The number of nitro benzene ring substituents is 1. The number of hydrogen-bond acceptors (Lipinski definition) is 5. The summed E-state index contributed by atoms with van der Waals surface area (Å²) in [6, 6.07) is 17.7. The molecule has 0 atom stereocenters. The van der Waals surface area contributed by atoms with E-state index in [2.05, 4.69) is 4.72 Å². The summed E-state index contributed by atoms with van der Waals surface area (Å²) in [4.78, 5) is 25.0. The number of hydrogen-bond donors (Lipinski definition) is 1. The first-order chi connectivity index (χ1) is 15.3. The second-order valence-electron chi connectivity index (χ2n) is 7.58. The predicted molar refractivity (Wildman–Crippen MR) is 122 cm³/mol. The van der Waals surface area contributed by atoms with Crippen molar-refractivity contribution in [2.45, 2.75) is 24.7 Å². The molecule has 9 heteroatoms. The van der Waals surface area contributed by atoms with Gasteiger partial charge < -0.3 is 4.90 Å². The summed E-state index contributed by atoms with van der Waals surface area (Å²) < 4.78 is 28.5. The van der Waals surface area contributed by atoms with Crippen LogP contribution in [0.1, 0.15) is 27.9 Å². The van der Waals surface area contributed by atoms with E-state index >= 15 is 0 Å². The van der Waals surface area contributed by atoms with E-state index in [4.69, 9.17) is 0 Å². The quantitative estimate of drug-likeness (QED) is 0.459. The van der Waals surface area contributed by atoms with Crippen molar-refractivity contribution in [2.75, 3.05) is 16.2 Å². The van der Waals surface area contributed by atoms with Crippen molar-refractivity contribution in [3.63, 3.8) is 0 Å². The van der Waals surface area contributed by atoms with Crippen molar-refractivity contribution >= 4 is 33.0 Å². The number of carbonyl (C=O) groups excluding carboxylic acids is 1. The highest BCUT2D eigenvalue weighted by molar-refractivity contribution is 7.92. The number of anilines is 2. The molecule has 0 bridgehead atoms. The van der Waals surface area contributed by atoms with Crippen LogP contribution in [-0.4, -0.2) is 25.8 Å². The van der Waals surface area contributed by atoms with Crippen molar-refractivity contribution in [1.29, 1.82) is 0 Å². The largest absolute Gasteiger partial charge is 0.308 e. The lowest BCUT2D eigenvalue weighted by molar-refractivity contribution is -0.385. The van der Waals surface area contributed by atoms with E-state index in [0.29, 0.717) is 23.4 Å². The zero-order chi connectivity index (χ0) is 22.9. The highest BCUT2D eigenvalue weighted by Gasteiger charge is 2.25. The number of non-ortho nitro benzene ring substituents is 1. The molecule has 3 aromatic rings. The highest BCUT2D eigenvalue weighted by Crippen LogP contribution is 2.32. The van der Waals surface area contributed by atoms with Crippen LogP contribution in [0.15, 0.2) is 71.6 Å². The predicted octanol–water partition coefficient (Wildman–Crippen LogP) is 4.30. The maximum atomic E-state index is 13.0. The summed E-state index contributed by atoms with van der Waals surface area (Å²) in [5.74, 6) is -0.152. The molecule has 0 saturated carbocycles. The lowest BCUT2D eigenvalue weighted by Gasteiger charge is -2.30. The maximum absolute atomic E-state index is 13.0. The van der Waals surface area contributed by atoms with Gasteiger partial charge in [-0.3, -0.25) is 19.6 Å². The average molecular weight is 452 g/mol. The second kappa shape index (κ2) is 8.43. The second-order valence-corrected chi connectivity index (χ2v) is 9.23. The van der Waals surface area contributed by atoms with Gasteiger partial charge in [-0.05, 0) is 55.2 Å². The van der Waals surface area contributed by atoms with E-state index < -0.39 is 14.9 Å². The van der Waals surface area contributed by atoms with Crippen molar-refractivity contribution in [1.82, 2.24) is 0 Å². The molecule has 0 spiro atoms. The molecule has 0 fully saturated rings. The van der Waals surface area contributed by atoms with Crippen LogP contribution < -0.4 is 9.62 Å². The van der Waals surface area contributed by atoms with Gasteiger partial charge in [0.25, 0.3) is 21.6 Å². The lowest BCUT2D eigenvalue weighted by atomic mass is 10.00. The number of aryl methyl sites for hydroxylation is 2. The smallest absolute Gasteiger partial charge is 0.270 e. The molecule has 1 N–H and O–H groups in total. The average Bonchev–Trinajstić information content (AvgIpc) is 2.78. The number of carbonyl (C=O) groups is 1. The van der Waals surface area contributed by atoms with Crippen LogP contribution in [0.2, 0.25) is 0 Å². The Hall–Kier alpha value is -3.72. The Morgan fingerprint density at radius 3 is 2.53 bits per heavy atom. The number of nitrogens with zero attached hydrogens (tertiary/aromatic N) is 2. The third-order valence-electron chi connectivity index (χ3n) is 5.39. The van der Waals surface area contributed by atoms with Crippen LogP contribution in [0.5, 0.6) is 0 Å². The first kappa shape index (κ1) is 21.5. The molecule has 1 aliphatic rings. The fraction of sp³-hybridized carbons (Fsp3) is 0.174. The SMILES string of the molecule is Cc1ccc([N+](=O)[O-])cc1S(=O)(=O)Nc1ccc2c(c1)N(C(=O)c1ccccc1)CCC2. The van der Waals surface area contributed by atoms with Crippen LogP contribution in [0.3, 0.4) is 0 Å². The van der Waals surface area contributed by atoms with Gasteiger partial charge in [-0.25, -0.2) is 8.42 Å². The fourth-order valence-electron chi connectivity index (χ4n) is 3.79. The third kappa shape index (κ3) is 4.19. The Labute approximate surface area is 185 Å². The van der Waals surface area contributed by atoms with E-state index in [1.165, 1.54) is 12.1 Å². The molecule has 1 aliphatic heterocycles. The Morgan fingerprint density at radius 2 is 1.81 bits per heavy atom. The van der Waals surface area contributed by atoms with Gasteiger partial charge in [0.2, 0.25) is 0 Å². The first-order valence-electron chi connectivity index (χ1n) is 10.0. The minimum Gasteiger partial charge on any atom is -0.308 e. The fourth-order valence-corrected chi connectivity index (χ4v) is 5.10.